The Morgan fingerprint density at radius 1 is 0.309 bits per heavy atom. The smallest absolute Gasteiger partial charge is 0.306 e. The Bertz CT molecular complexity index is 1360. The largest absolute Gasteiger partial charge is 0.462 e. The van der Waals surface area contributed by atoms with Crippen molar-refractivity contribution in [2.24, 2.45) is 0 Å². The van der Waals surface area contributed by atoms with Crippen LogP contribution in [-0.2, 0) is 28.6 Å². The molecule has 0 aliphatic rings. The van der Waals surface area contributed by atoms with Crippen molar-refractivity contribution in [2.45, 2.75) is 264 Å². The van der Waals surface area contributed by atoms with E-state index in [2.05, 4.69) is 118 Å². The average Bonchev–Trinajstić information content (AvgIpc) is 3.34. The number of allylic oxidation sites excluding steroid dienone is 16. The second-order valence-corrected chi connectivity index (χ2v) is 18.5. The first kappa shape index (κ1) is 64.3. The number of carbonyl (C=O) groups excluding carboxylic acids is 3. The molecule has 0 heterocycles. The molecule has 0 amide bonds. The summed E-state index contributed by atoms with van der Waals surface area (Å²) in [7, 11) is 0. The van der Waals surface area contributed by atoms with Gasteiger partial charge in [-0.1, -0.05) is 253 Å². The maximum Gasteiger partial charge on any atom is 0.306 e. The Kier molecular flexibility index (Phi) is 52.9. The molecule has 0 spiro atoms. The first-order valence-corrected chi connectivity index (χ1v) is 28.2. The van der Waals surface area contributed by atoms with Gasteiger partial charge in [0.2, 0.25) is 0 Å². The van der Waals surface area contributed by atoms with Crippen molar-refractivity contribution >= 4 is 17.9 Å². The van der Waals surface area contributed by atoms with Gasteiger partial charge in [-0.3, -0.25) is 14.4 Å². The fourth-order valence-corrected chi connectivity index (χ4v) is 7.63. The van der Waals surface area contributed by atoms with Crippen LogP contribution in [0.25, 0.3) is 0 Å². The molecule has 0 rings (SSSR count). The van der Waals surface area contributed by atoms with Crippen LogP contribution in [0.4, 0.5) is 0 Å². The lowest BCUT2D eigenvalue weighted by Gasteiger charge is -2.18. The lowest BCUT2D eigenvalue weighted by molar-refractivity contribution is -0.167. The van der Waals surface area contributed by atoms with E-state index < -0.39 is 6.10 Å². The Hall–Kier alpha value is -3.67. The van der Waals surface area contributed by atoms with Crippen molar-refractivity contribution < 1.29 is 28.6 Å². The van der Waals surface area contributed by atoms with Crippen LogP contribution < -0.4 is 0 Å². The fourth-order valence-electron chi connectivity index (χ4n) is 7.63. The van der Waals surface area contributed by atoms with Crippen LogP contribution in [0.3, 0.4) is 0 Å². The number of ether oxygens (including phenoxy) is 3. The molecule has 0 aliphatic heterocycles. The molecule has 0 aromatic rings. The minimum atomic E-state index is -0.774. The third kappa shape index (κ3) is 53.3. The summed E-state index contributed by atoms with van der Waals surface area (Å²) in [5.41, 5.74) is 0. The van der Waals surface area contributed by atoms with Gasteiger partial charge >= 0.3 is 17.9 Å². The van der Waals surface area contributed by atoms with Crippen LogP contribution in [0.2, 0.25) is 0 Å². The monoisotopic (exact) mass is 945 g/mol. The van der Waals surface area contributed by atoms with Crippen LogP contribution in [-0.4, -0.2) is 37.2 Å². The molecule has 1 unspecified atom stereocenters. The van der Waals surface area contributed by atoms with Crippen LogP contribution >= 0.6 is 0 Å². The molecule has 68 heavy (non-hydrogen) atoms. The maximum atomic E-state index is 12.7. The van der Waals surface area contributed by atoms with Gasteiger partial charge < -0.3 is 14.2 Å². The number of esters is 3. The molecular weight excluding hydrogens is 841 g/mol. The number of hydrogen-bond acceptors (Lipinski definition) is 6. The zero-order valence-corrected chi connectivity index (χ0v) is 44.3. The molecule has 0 saturated heterocycles. The normalized spacial score (nSPS) is 12.8. The van der Waals surface area contributed by atoms with Crippen molar-refractivity contribution in [1.82, 2.24) is 0 Å². The minimum absolute atomic E-state index is 0.0771. The summed E-state index contributed by atoms with van der Waals surface area (Å²) in [5.74, 6) is -0.893. The summed E-state index contributed by atoms with van der Waals surface area (Å²) in [4.78, 5) is 37.8. The molecule has 388 valence electrons. The average molecular weight is 946 g/mol. The van der Waals surface area contributed by atoms with Gasteiger partial charge in [0.05, 0.1) is 0 Å². The molecule has 0 saturated carbocycles. The van der Waals surface area contributed by atoms with E-state index >= 15 is 0 Å². The third-order valence-corrected chi connectivity index (χ3v) is 11.9. The van der Waals surface area contributed by atoms with E-state index in [0.29, 0.717) is 19.3 Å². The van der Waals surface area contributed by atoms with E-state index in [1.165, 1.54) is 103 Å². The van der Waals surface area contributed by atoms with Crippen molar-refractivity contribution in [2.75, 3.05) is 13.2 Å². The van der Waals surface area contributed by atoms with E-state index in [-0.39, 0.29) is 31.1 Å². The van der Waals surface area contributed by atoms with Gasteiger partial charge in [0, 0.05) is 19.3 Å². The Morgan fingerprint density at radius 2 is 0.574 bits per heavy atom. The maximum absolute atomic E-state index is 12.7. The highest BCUT2D eigenvalue weighted by Crippen LogP contribution is 2.15. The van der Waals surface area contributed by atoms with E-state index in [0.717, 1.165) is 116 Å². The summed E-state index contributed by atoms with van der Waals surface area (Å²) in [6.07, 6.45) is 74.3. The quantitative estimate of drug-likeness (QED) is 0.0262. The van der Waals surface area contributed by atoms with Crippen LogP contribution in [0, 0.1) is 0 Å². The van der Waals surface area contributed by atoms with E-state index in [4.69, 9.17) is 14.2 Å². The molecule has 0 aliphatic carbocycles. The molecule has 0 aromatic carbocycles. The van der Waals surface area contributed by atoms with Gasteiger partial charge in [-0.25, -0.2) is 0 Å². The molecule has 1 atom stereocenters. The minimum Gasteiger partial charge on any atom is -0.462 e. The van der Waals surface area contributed by atoms with E-state index in [9.17, 15) is 14.4 Å². The van der Waals surface area contributed by atoms with Crippen molar-refractivity contribution in [3.63, 3.8) is 0 Å². The Morgan fingerprint density at radius 3 is 0.897 bits per heavy atom. The predicted octanol–water partition coefficient (Wildman–Crippen LogP) is 18.9. The van der Waals surface area contributed by atoms with Crippen LogP contribution in [0.15, 0.2) is 97.2 Å². The Balaban J connectivity index is 4.07. The highest BCUT2D eigenvalue weighted by Gasteiger charge is 2.19. The molecular formula is C62H104O6. The fraction of sp³-hybridized carbons (Fsp3) is 0.694. The Labute approximate surface area is 419 Å². The first-order chi connectivity index (χ1) is 33.5. The zero-order valence-electron chi connectivity index (χ0n) is 44.3. The molecule has 0 bridgehead atoms. The molecule has 0 aromatic heterocycles. The van der Waals surface area contributed by atoms with E-state index in [1.807, 2.05) is 0 Å². The van der Waals surface area contributed by atoms with Crippen molar-refractivity contribution in [3.05, 3.63) is 97.2 Å². The SMILES string of the molecule is CC/C=C\C/C=C\C/C=C\C/C=C\C/C=C\C/C=C\C/C=C\C/C=C\CCCCCCCCCCC(=O)OCC(COC(=O)CCCCCCCCC)OC(=O)CCCCCCCCCCCC. The zero-order chi connectivity index (χ0) is 49.3. The van der Waals surface area contributed by atoms with Gasteiger partial charge in [0.15, 0.2) is 6.10 Å². The van der Waals surface area contributed by atoms with Crippen LogP contribution in [0.1, 0.15) is 258 Å². The number of carbonyl (C=O) groups is 3. The second kappa shape index (κ2) is 55.9. The predicted molar refractivity (Wildman–Crippen MR) is 293 cm³/mol. The van der Waals surface area contributed by atoms with Gasteiger partial charge in [0.1, 0.15) is 13.2 Å². The summed E-state index contributed by atoms with van der Waals surface area (Å²) in [6, 6.07) is 0. The summed E-state index contributed by atoms with van der Waals surface area (Å²) in [6.45, 7) is 6.46. The number of hydrogen-bond donors (Lipinski definition) is 0. The molecule has 0 radical (unpaired) electrons. The van der Waals surface area contributed by atoms with Crippen molar-refractivity contribution in [3.8, 4) is 0 Å². The lowest BCUT2D eigenvalue weighted by Crippen LogP contribution is -2.30. The standard InChI is InChI=1S/C62H104O6/c1-4-7-10-13-16-18-20-21-22-23-24-25-26-27-28-29-30-31-32-33-34-35-36-37-38-39-40-41-42-44-46-49-52-55-61(64)67-58-59(57-66-60(63)54-51-48-45-15-12-9-6-3)68-62(65)56-53-50-47-43-19-17-14-11-8-5-2/h7,10,16,18,21-22,24-25,27-28,30-31,33-34,36-37,59H,4-6,8-9,11-15,17,19-20,23,26,29,32,35,38-58H2,1-3H3/b10-7-,18-16-,22-21-,25-24-,28-27-,31-30-,34-33-,37-36-. The summed E-state index contributed by atoms with van der Waals surface area (Å²) in [5, 5.41) is 0. The molecule has 6 heteroatoms. The first-order valence-electron chi connectivity index (χ1n) is 28.2. The highest BCUT2D eigenvalue weighted by atomic mass is 16.6. The number of rotatable bonds is 50. The van der Waals surface area contributed by atoms with Gasteiger partial charge in [0.25, 0.3) is 0 Å². The van der Waals surface area contributed by atoms with E-state index in [1.54, 1.807) is 0 Å². The van der Waals surface area contributed by atoms with Gasteiger partial charge in [-0.2, -0.15) is 0 Å². The third-order valence-electron chi connectivity index (χ3n) is 11.9. The summed E-state index contributed by atoms with van der Waals surface area (Å²) < 4.78 is 16.7. The van der Waals surface area contributed by atoms with Crippen molar-refractivity contribution in [1.29, 1.82) is 0 Å². The molecule has 0 N–H and O–H groups in total. The molecule has 0 fully saturated rings. The summed E-state index contributed by atoms with van der Waals surface area (Å²) >= 11 is 0. The van der Waals surface area contributed by atoms with Gasteiger partial charge in [-0.05, 0) is 83.5 Å². The highest BCUT2D eigenvalue weighted by molar-refractivity contribution is 5.71. The number of unbranched alkanes of at least 4 members (excludes halogenated alkanes) is 23. The van der Waals surface area contributed by atoms with Crippen LogP contribution in [0.5, 0.6) is 0 Å². The van der Waals surface area contributed by atoms with Gasteiger partial charge in [-0.15, -0.1) is 0 Å². The topological polar surface area (TPSA) is 78.9 Å². The lowest BCUT2D eigenvalue weighted by atomic mass is 10.1. The molecule has 6 nitrogen and oxygen atoms in total. The second-order valence-electron chi connectivity index (χ2n) is 18.5.